The van der Waals surface area contributed by atoms with E-state index in [2.05, 4.69) is 80.5 Å². The number of nitrogens with one attached hydrogen (secondary N) is 2. The molecule has 6 bridgehead atoms. The first-order chi connectivity index (χ1) is 27.3. The number of benzene rings is 1. The van der Waals surface area contributed by atoms with Crippen molar-refractivity contribution in [1.29, 1.82) is 0 Å². The van der Waals surface area contributed by atoms with Crippen molar-refractivity contribution in [2.45, 2.75) is 64.2 Å². The van der Waals surface area contributed by atoms with Crippen molar-refractivity contribution < 1.29 is 23.9 Å². The Hall–Kier alpha value is -4.41. The molecule has 13 nitrogen and oxygen atoms in total. The number of esters is 1. The number of methoxy groups -OCH3 is 1. The molecule has 6 heterocycles. The fraction of sp³-hybridized carbons (Fsp3) is 0.500. The van der Waals surface area contributed by atoms with Crippen molar-refractivity contribution in [2.24, 2.45) is 11.3 Å². The summed E-state index contributed by atoms with van der Waals surface area (Å²) in [5, 5.41) is 6.68. The van der Waals surface area contributed by atoms with Gasteiger partial charge < -0.3 is 29.2 Å². The van der Waals surface area contributed by atoms with E-state index in [4.69, 9.17) is 19.4 Å². The van der Waals surface area contributed by atoms with Crippen LogP contribution in [0, 0.1) is 11.3 Å². The summed E-state index contributed by atoms with van der Waals surface area (Å²) in [7, 11) is 7.64. The number of allylic oxidation sites excluding steroid dienone is 1. The Kier molecular flexibility index (Phi) is 10.9. The van der Waals surface area contributed by atoms with Crippen LogP contribution in [0.2, 0.25) is 0 Å². The standard InChI is InChI=1S/C42H51N8O5SSi/c1-26-17-32(26)38(51)45-42(57)20-36-44-34(23-56-36)27-8-9-30-31(10-16-54-5)37(28-18-29(22-43-21-28)48-14-12-47(4)13-15-48)49(35(30)19-27)24-41(2,3)25-55-39(52)33-7-6-11-50(46-33)40(42)53/h8-9,17-19,21-23,26,33,46H,6-7,10-16,20,24-25H2,1-5H3,(H,45,51)/t26-,33-,42+/m0/s1. The minimum atomic E-state index is -1.52. The number of nitrogens with zero attached hydrogens (tertiary/aromatic N) is 6. The van der Waals surface area contributed by atoms with E-state index in [1.165, 1.54) is 16.3 Å². The number of likely N-dealkylation sites (N-methyl/N-ethyl adjacent to an activating group) is 1. The lowest BCUT2D eigenvalue weighted by atomic mass is 9.94. The summed E-state index contributed by atoms with van der Waals surface area (Å²) in [4.78, 5) is 56.0. The van der Waals surface area contributed by atoms with Crippen LogP contribution in [0.3, 0.4) is 0 Å². The minimum Gasteiger partial charge on any atom is -0.464 e. The number of hydrazine groups is 1. The highest BCUT2D eigenvalue weighted by Gasteiger charge is 2.44. The molecule has 1 aliphatic carbocycles. The number of cyclic esters (lactones) is 1. The number of amides is 2. The van der Waals surface area contributed by atoms with Crippen LogP contribution >= 0.6 is 11.3 Å². The first-order valence-corrected chi connectivity index (χ1v) is 21.2. The van der Waals surface area contributed by atoms with Crippen molar-refractivity contribution in [3.8, 4) is 22.5 Å². The molecule has 3 atom stereocenters. The van der Waals surface area contributed by atoms with Gasteiger partial charge in [0.2, 0.25) is 5.91 Å². The molecule has 4 aliphatic rings. The van der Waals surface area contributed by atoms with Gasteiger partial charge in [0.05, 0.1) is 51.7 Å². The number of carbonyl (C=O) groups is 3. The molecule has 57 heavy (non-hydrogen) atoms. The lowest BCUT2D eigenvalue weighted by Gasteiger charge is -2.39. The predicted molar refractivity (Wildman–Crippen MR) is 222 cm³/mol. The maximum absolute atomic E-state index is 14.3. The summed E-state index contributed by atoms with van der Waals surface area (Å²) >= 11 is 1.44. The second kappa shape index (κ2) is 15.7. The lowest BCUT2D eigenvalue weighted by Crippen LogP contribution is -2.67. The summed E-state index contributed by atoms with van der Waals surface area (Å²) in [5.41, 5.74) is 10.4. The zero-order valence-corrected chi connectivity index (χ0v) is 35.2. The van der Waals surface area contributed by atoms with Crippen LogP contribution in [0.5, 0.6) is 0 Å². The second-order valence-electron chi connectivity index (χ2n) is 16.7. The number of pyridine rings is 1. The van der Waals surface area contributed by atoms with Gasteiger partial charge >= 0.3 is 5.97 Å². The lowest BCUT2D eigenvalue weighted by molar-refractivity contribution is -0.156. The van der Waals surface area contributed by atoms with Gasteiger partial charge in [0.25, 0.3) is 5.91 Å². The summed E-state index contributed by atoms with van der Waals surface area (Å²) in [6, 6.07) is 7.98. The Labute approximate surface area is 341 Å². The monoisotopic (exact) mass is 807 g/mol. The van der Waals surface area contributed by atoms with Gasteiger partial charge in [-0.05, 0) is 44.0 Å². The largest absolute Gasteiger partial charge is 0.464 e. The van der Waals surface area contributed by atoms with Crippen molar-refractivity contribution in [3.63, 3.8) is 0 Å². The summed E-state index contributed by atoms with van der Waals surface area (Å²) in [5.74, 6) is -1.08. The number of fused-ring (bicyclic) bond motifs is 6. The number of ether oxygens (including phenoxy) is 2. The molecular formula is C42H51N8O5SSi. The molecule has 0 saturated carbocycles. The van der Waals surface area contributed by atoms with Crippen molar-refractivity contribution in [1.82, 2.24) is 35.2 Å². The van der Waals surface area contributed by atoms with Crippen LogP contribution in [0.1, 0.15) is 44.2 Å². The first kappa shape index (κ1) is 39.4. The van der Waals surface area contributed by atoms with E-state index in [0.717, 1.165) is 70.8 Å². The molecule has 2 N–H and O–H groups in total. The van der Waals surface area contributed by atoms with Gasteiger partial charge in [0, 0.05) is 103 Å². The van der Waals surface area contributed by atoms with Gasteiger partial charge in [-0.25, -0.2) is 10.4 Å². The molecule has 3 aromatic heterocycles. The third-order valence-corrected chi connectivity index (χ3v) is 12.9. The van der Waals surface area contributed by atoms with E-state index in [1.807, 2.05) is 30.8 Å². The third-order valence-electron chi connectivity index (χ3n) is 11.5. The predicted octanol–water partition coefficient (Wildman–Crippen LogP) is 3.95. The number of thiazole rings is 1. The number of carbonyl (C=O) groups excluding carboxylic acids is 3. The van der Waals surface area contributed by atoms with Crippen LogP contribution in [-0.2, 0) is 43.2 Å². The van der Waals surface area contributed by atoms with E-state index >= 15 is 0 Å². The van der Waals surface area contributed by atoms with E-state index in [1.54, 1.807) is 7.11 Å². The van der Waals surface area contributed by atoms with Crippen LogP contribution in [-0.4, -0.2) is 124 Å². The van der Waals surface area contributed by atoms with E-state index in [9.17, 15) is 14.4 Å². The molecule has 1 aromatic carbocycles. The molecule has 8 rings (SSSR count). The smallest absolute Gasteiger partial charge is 0.324 e. The summed E-state index contributed by atoms with van der Waals surface area (Å²) in [6.45, 7) is 11.6. The van der Waals surface area contributed by atoms with Crippen molar-refractivity contribution in [2.75, 3.05) is 65.0 Å². The first-order valence-electron chi connectivity index (χ1n) is 19.8. The summed E-state index contributed by atoms with van der Waals surface area (Å²) < 4.78 is 14.1. The topological polar surface area (TPSA) is 134 Å². The molecule has 0 unspecified atom stereocenters. The quantitative estimate of drug-likeness (QED) is 0.209. The average Bonchev–Trinajstić information content (AvgIpc) is 3.64. The molecule has 4 aromatic rings. The molecule has 2 saturated heterocycles. The highest BCUT2D eigenvalue weighted by atomic mass is 32.1. The Balaban J connectivity index is 1.25. The molecule has 2 amide bonds. The zero-order valence-electron chi connectivity index (χ0n) is 33.4. The van der Waals surface area contributed by atoms with E-state index in [-0.39, 0.29) is 24.9 Å². The van der Waals surface area contributed by atoms with Gasteiger partial charge in [0.15, 0.2) is 0 Å². The number of hydrogen-bond donors (Lipinski definition) is 2. The maximum atomic E-state index is 14.3. The molecule has 3 radical (unpaired) electrons. The third kappa shape index (κ3) is 8.17. The Morgan fingerprint density at radius 2 is 1.91 bits per heavy atom. The highest BCUT2D eigenvalue weighted by Crippen LogP contribution is 2.40. The SMILES string of the molecule is COCCc1c(-c2cncc(N3CCN(C)CC3)c2)n2c3cc(ccc13)-c1csc(n1)C[C@]([Si])(NC(=O)C1=C[C@@H]1C)C(=O)N1CCC[C@H](N1)C(=O)OCC(C)(C)C2. The molecular weight excluding hydrogens is 757 g/mol. The zero-order chi connectivity index (χ0) is 40.1. The van der Waals surface area contributed by atoms with Crippen LogP contribution in [0.15, 0.2) is 53.7 Å². The van der Waals surface area contributed by atoms with Crippen LogP contribution in [0.4, 0.5) is 5.69 Å². The number of anilines is 1. The second-order valence-corrected chi connectivity index (χ2v) is 18.5. The van der Waals surface area contributed by atoms with Gasteiger partial charge in [-0.3, -0.25) is 24.4 Å². The average molecular weight is 808 g/mol. The van der Waals surface area contributed by atoms with Crippen molar-refractivity contribution in [3.05, 3.63) is 64.3 Å². The molecule has 299 valence electrons. The Morgan fingerprint density at radius 1 is 1.12 bits per heavy atom. The van der Waals surface area contributed by atoms with E-state index in [0.29, 0.717) is 49.5 Å². The van der Waals surface area contributed by atoms with Gasteiger partial charge in [0.1, 0.15) is 11.2 Å². The Morgan fingerprint density at radius 3 is 2.67 bits per heavy atom. The fourth-order valence-corrected chi connectivity index (χ4v) is 9.63. The van der Waals surface area contributed by atoms with Crippen molar-refractivity contribution >= 4 is 56.0 Å². The fourth-order valence-electron chi connectivity index (χ4n) is 8.19. The minimum absolute atomic E-state index is 0.0547. The molecule has 15 heteroatoms. The summed E-state index contributed by atoms with van der Waals surface area (Å²) in [6.07, 6.45) is 7.67. The molecule has 2 fully saturated rings. The number of rotatable bonds is 7. The number of hydrogen-bond acceptors (Lipinski definition) is 11. The maximum Gasteiger partial charge on any atom is 0.324 e. The van der Waals surface area contributed by atoms with Gasteiger partial charge in [-0.15, -0.1) is 11.3 Å². The number of piperazine rings is 1. The normalized spacial score (nSPS) is 24.2. The van der Waals surface area contributed by atoms with Gasteiger partial charge in [-0.1, -0.05) is 39.0 Å². The van der Waals surface area contributed by atoms with Crippen LogP contribution < -0.4 is 15.6 Å². The molecule has 3 aliphatic heterocycles. The van der Waals surface area contributed by atoms with E-state index < -0.39 is 28.5 Å². The Bertz CT molecular complexity index is 2230. The molecule has 0 spiro atoms. The van der Waals surface area contributed by atoms with Gasteiger partial charge in [-0.2, -0.15) is 0 Å². The number of aromatic nitrogens is 3. The van der Waals surface area contributed by atoms with Crippen LogP contribution in [0.25, 0.3) is 33.4 Å². The highest BCUT2D eigenvalue weighted by molar-refractivity contribution is 7.10.